The lowest BCUT2D eigenvalue weighted by Gasteiger charge is -2.12. The van der Waals surface area contributed by atoms with Crippen molar-refractivity contribution < 1.29 is 4.79 Å². The molecule has 0 aliphatic carbocycles. The predicted octanol–water partition coefficient (Wildman–Crippen LogP) is 4.71. The minimum absolute atomic E-state index is 0.161. The van der Waals surface area contributed by atoms with Gasteiger partial charge in [-0.1, -0.05) is 54.6 Å². The molecule has 0 aliphatic rings. The zero-order valence-corrected chi connectivity index (χ0v) is 15.6. The van der Waals surface area contributed by atoms with Gasteiger partial charge in [-0.3, -0.25) is 14.6 Å². The van der Waals surface area contributed by atoms with Crippen molar-refractivity contribution >= 4 is 16.7 Å². The average Bonchev–Trinajstić information content (AvgIpc) is 2.72. The maximum Gasteiger partial charge on any atom is 0.259 e. The van der Waals surface area contributed by atoms with Gasteiger partial charge in [0.05, 0.1) is 5.56 Å². The summed E-state index contributed by atoms with van der Waals surface area (Å²) < 4.78 is 0. The van der Waals surface area contributed by atoms with E-state index in [1.165, 1.54) is 0 Å². The van der Waals surface area contributed by atoms with E-state index in [4.69, 9.17) is 0 Å². The van der Waals surface area contributed by atoms with E-state index in [1.807, 2.05) is 73.7 Å². The van der Waals surface area contributed by atoms with Crippen LogP contribution in [0.1, 0.15) is 28.0 Å². The van der Waals surface area contributed by atoms with Crippen LogP contribution >= 0.6 is 0 Å². The largest absolute Gasteiger partial charge is 0.321 e. The van der Waals surface area contributed by atoms with Gasteiger partial charge in [0.2, 0.25) is 0 Å². The molecule has 4 nitrogen and oxygen atoms in total. The molecule has 4 heteroatoms. The fraction of sp³-hybridized carbons (Fsp3) is 0.125. The molecular weight excluding hydrogens is 348 g/mol. The number of carbonyl (C=O) groups is 1. The third kappa shape index (κ3) is 3.49. The minimum Gasteiger partial charge on any atom is -0.321 e. The molecule has 4 aromatic rings. The fourth-order valence-corrected chi connectivity index (χ4v) is 3.44. The summed E-state index contributed by atoms with van der Waals surface area (Å²) in [6.07, 6.45) is 2.59. The van der Waals surface area contributed by atoms with E-state index in [9.17, 15) is 9.59 Å². The normalized spacial score (nSPS) is 10.9. The smallest absolute Gasteiger partial charge is 0.259 e. The maximum atomic E-state index is 13.1. The van der Waals surface area contributed by atoms with E-state index >= 15 is 0 Å². The van der Waals surface area contributed by atoms with E-state index in [0.717, 1.165) is 27.7 Å². The number of rotatable bonds is 5. The topological polar surface area (TPSA) is 62.8 Å². The SMILES string of the molecule is Cc1ccc(CCC(=O)c2c(-c3ccccc3)c3ccccc3[nH]c2=O)cn1. The summed E-state index contributed by atoms with van der Waals surface area (Å²) in [7, 11) is 0. The number of ketones is 1. The number of Topliss-reactive ketones (excluding diaryl/α,β-unsaturated/α-hetero) is 1. The molecule has 4 rings (SSSR count). The molecule has 0 radical (unpaired) electrons. The molecule has 138 valence electrons. The Morgan fingerprint density at radius 1 is 0.964 bits per heavy atom. The lowest BCUT2D eigenvalue weighted by molar-refractivity contribution is 0.0982. The van der Waals surface area contributed by atoms with Gasteiger partial charge >= 0.3 is 0 Å². The molecule has 28 heavy (non-hydrogen) atoms. The number of aromatic nitrogens is 2. The van der Waals surface area contributed by atoms with Crippen LogP contribution in [0.25, 0.3) is 22.0 Å². The molecule has 0 aliphatic heterocycles. The van der Waals surface area contributed by atoms with Crippen molar-refractivity contribution in [1.29, 1.82) is 0 Å². The van der Waals surface area contributed by atoms with Crippen LogP contribution in [-0.2, 0) is 6.42 Å². The van der Waals surface area contributed by atoms with Gasteiger partial charge in [0, 0.05) is 34.8 Å². The van der Waals surface area contributed by atoms with Crippen LogP contribution < -0.4 is 5.56 Å². The Hall–Kier alpha value is -3.53. The quantitative estimate of drug-likeness (QED) is 0.519. The number of H-pyrrole nitrogens is 1. The minimum atomic E-state index is -0.343. The first-order valence-corrected chi connectivity index (χ1v) is 9.28. The molecule has 0 atom stereocenters. The molecule has 2 heterocycles. The Balaban J connectivity index is 1.79. The number of hydrogen-bond acceptors (Lipinski definition) is 3. The number of carbonyl (C=O) groups excluding carboxylic acids is 1. The number of aromatic amines is 1. The number of aryl methyl sites for hydroxylation is 2. The molecular formula is C24H20N2O2. The zero-order valence-electron chi connectivity index (χ0n) is 15.6. The molecule has 2 aromatic carbocycles. The van der Waals surface area contributed by atoms with Crippen molar-refractivity contribution in [2.75, 3.05) is 0 Å². The summed E-state index contributed by atoms with van der Waals surface area (Å²) >= 11 is 0. The van der Waals surface area contributed by atoms with Crippen molar-refractivity contribution in [1.82, 2.24) is 9.97 Å². The van der Waals surface area contributed by atoms with E-state index in [0.29, 0.717) is 12.0 Å². The van der Waals surface area contributed by atoms with Crippen LogP contribution in [-0.4, -0.2) is 15.8 Å². The molecule has 0 bridgehead atoms. The van der Waals surface area contributed by atoms with Crippen molar-refractivity contribution in [2.24, 2.45) is 0 Å². The number of pyridine rings is 2. The summed E-state index contributed by atoms with van der Waals surface area (Å²) in [5.41, 5.74) is 4.10. The van der Waals surface area contributed by atoms with Gasteiger partial charge in [-0.15, -0.1) is 0 Å². The van der Waals surface area contributed by atoms with Crippen LogP contribution in [0.5, 0.6) is 0 Å². The van der Waals surface area contributed by atoms with Crippen molar-refractivity contribution in [3.8, 4) is 11.1 Å². The van der Waals surface area contributed by atoms with Crippen LogP contribution in [0.15, 0.2) is 77.7 Å². The first kappa shape index (κ1) is 17.9. The van der Waals surface area contributed by atoms with Gasteiger partial charge in [0.15, 0.2) is 5.78 Å². The highest BCUT2D eigenvalue weighted by molar-refractivity contribution is 6.09. The first-order chi connectivity index (χ1) is 13.6. The Morgan fingerprint density at radius 2 is 1.71 bits per heavy atom. The third-order valence-corrected chi connectivity index (χ3v) is 4.88. The average molecular weight is 368 g/mol. The highest BCUT2D eigenvalue weighted by Crippen LogP contribution is 2.30. The summed E-state index contributed by atoms with van der Waals surface area (Å²) in [6, 6.07) is 21.1. The standard InChI is InChI=1S/C24H20N2O2/c1-16-11-12-17(15-25-16)13-14-21(27)23-22(18-7-3-2-4-8-18)19-9-5-6-10-20(19)26-24(23)28/h2-12,15H,13-14H2,1H3,(H,26,28). The van der Waals surface area contributed by atoms with Crippen LogP contribution in [0.3, 0.4) is 0 Å². The van der Waals surface area contributed by atoms with E-state index in [1.54, 1.807) is 6.20 Å². The summed E-state index contributed by atoms with van der Waals surface area (Å²) in [6.45, 7) is 1.93. The lowest BCUT2D eigenvalue weighted by atomic mass is 9.92. The number of benzene rings is 2. The monoisotopic (exact) mass is 368 g/mol. The molecule has 0 saturated heterocycles. The van der Waals surface area contributed by atoms with Gasteiger partial charge in [0.1, 0.15) is 0 Å². The molecule has 0 unspecified atom stereocenters. The second-order valence-electron chi connectivity index (χ2n) is 6.85. The highest BCUT2D eigenvalue weighted by atomic mass is 16.1. The van der Waals surface area contributed by atoms with E-state index < -0.39 is 0 Å². The molecule has 0 fully saturated rings. The Bertz CT molecular complexity index is 1190. The fourth-order valence-electron chi connectivity index (χ4n) is 3.44. The number of hydrogen-bond donors (Lipinski definition) is 1. The van der Waals surface area contributed by atoms with Crippen molar-refractivity contribution in [2.45, 2.75) is 19.8 Å². The van der Waals surface area contributed by atoms with Gasteiger partial charge < -0.3 is 4.98 Å². The Kier molecular flexibility index (Phi) is 4.85. The Labute approximate surface area is 162 Å². The zero-order chi connectivity index (χ0) is 19.5. The summed E-state index contributed by atoms with van der Waals surface area (Å²) in [4.78, 5) is 33.1. The molecule has 1 N–H and O–H groups in total. The number of fused-ring (bicyclic) bond motifs is 1. The van der Waals surface area contributed by atoms with Crippen molar-refractivity contribution in [3.05, 3.63) is 100 Å². The van der Waals surface area contributed by atoms with Gasteiger partial charge in [-0.25, -0.2) is 0 Å². The van der Waals surface area contributed by atoms with Gasteiger partial charge in [-0.05, 0) is 36.6 Å². The van der Waals surface area contributed by atoms with E-state index in [2.05, 4.69) is 9.97 Å². The number of nitrogens with zero attached hydrogens (tertiary/aromatic N) is 1. The first-order valence-electron chi connectivity index (χ1n) is 9.28. The van der Waals surface area contributed by atoms with Crippen molar-refractivity contribution in [3.63, 3.8) is 0 Å². The summed E-state index contributed by atoms with van der Waals surface area (Å²) in [5, 5.41) is 0.869. The molecule has 0 amide bonds. The second-order valence-corrected chi connectivity index (χ2v) is 6.85. The molecule has 0 saturated carbocycles. The number of para-hydroxylation sites is 1. The summed E-state index contributed by atoms with van der Waals surface area (Å²) in [5.74, 6) is -0.161. The third-order valence-electron chi connectivity index (χ3n) is 4.88. The molecule has 2 aromatic heterocycles. The van der Waals surface area contributed by atoms with Crippen LogP contribution in [0, 0.1) is 6.92 Å². The van der Waals surface area contributed by atoms with Crippen LogP contribution in [0.2, 0.25) is 0 Å². The Morgan fingerprint density at radius 3 is 2.46 bits per heavy atom. The highest BCUT2D eigenvalue weighted by Gasteiger charge is 2.20. The van der Waals surface area contributed by atoms with Gasteiger partial charge in [0.25, 0.3) is 5.56 Å². The number of nitrogens with one attached hydrogen (secondary N) is 1. The van der Waals surface area contributed by atoms with Crippen LogP contribution in [0.4, 0.5) is 0 Å². The molecule has 0 spiro atoms. The lowest BCUT2D eigenvalue weighted by Crippen LogP contribution is -2.20. The second kappa shape index (κ2) is 7.61. The van der Waals surface area contributed by atoms with E-state index in [-0.39, 0.29) is 23.3 Å². The predicted molar refractivity (Wildman–Crippen MR) is 112 cm³/mol. The van der Waals surface area contributed by atoms with Gasteiger partial charge in [-0.2, -0.15) is 0 Å². The maximum absolute atomic E-state index is 13.1.